The lowest BCUT2D eigenvalue weighted by atomic mass is 9.87. The predicted octanol–water partition coefficient (Wildman–Crippen LogP) is 2.85. The summed E-state index contributed by atoms with van der Waals surface area (Å²) in [6.07, 6.45) is 1.68. The zero-order valence-electron chi connectivity index (χ0n) is 7.90. The normalized spacial score (nSPS) is 29.1. The molecule has 1 rings (SSSR count). The average Bonchev–Trinajstić information content (AvgIpc) is 2.17. The Morgan fingerprint density at radius 1 is 1.30 bits per heavy atom. The molecule has 0 aromatic heterocycles. The molecule has 10 heavy (non-hydrogen) atoms. The Kier molecular flexibility index (Phi) is 3.95. The van der Waals surface area contributed by atoms with Crippen molar-refractivity contribution in [2.75, 3.05) is 6.61 Å². The first-order valence-corrected chi connectivity index (χ1v) is 4.24. The van der Waals surface area contributed by atoms with Gasteiger partial charge in [-0.25, -0.2) is 0 Å². The molecule has 1 unspecified atom stereocenters. The smallest absolute Gasteiger partial charge is 0.0598 e. The second-order valence-corrected chi connectivity index (χ2v) is 3.25. The third kappa shape index (κ3) is 2.30. The zero-order chi connectivity index (χ0) is 8.20. The molecule has 0 radical (unpaired) electrons. The van der Waals surface area contributed by atoms with Gasteiger partial charge in [-0.3, -0.25) is 0 Å². The molecule has 62 valence electrons. The van der Waals surface area contributed by atoms with E-state index in [0.29, 0.717) is 11.5 Å². The van der Waals surface area contributed by atoms with Crippen molar-refractivity contribution in [1.82, 2.24) is 0 Å². The Hall–Kier alpha value is -0.0400. The molecular formula is C9H20O. The van der Waals surface area contributed by atoms with Gasteiger partial charge in [-0.15, -0.1) is 0 Å². The minimum atomic E-state index is 0.431. The summed E-state index contributed by atoms with van der Waals surface area (Å²) >= 11 is 0. The number of hydrogen-bond acceptors (Lipinski definition) is 1. The van der Waals surface area contributed by atoms with Gasteiger partial charge >= 0.3 is 0 Å². The van der Waals surface area contributed by atoms with Gasteiger partial charge in [-0.05, 0) is 18.8 Å². The van der Waals surface area contributed by atoms with E-state index >= 15 is 0 Å². The molecule has 0 saturated carbocycles. The van der Waals surface area contributed by atoms with Crippen LogP contribution in [0, 0.1) is 5.41 Å². The lowest BCUT2D eigenvalue weighted by molar-refractivity contribution is 0.0798. The van der Waals surface area contributed by atoms with E-state index in [-0.39, 0.29) is 0 Å². The second-order valence-electron chi connectivity index (χ2n) is 3.25. The Morgan fingerprint density at radius 2 is 1.80 bits per heavy atom. The van der Waals surface area contributed by atoms with E-state index in [4.69, 9.17) is 4.74 Å². The molecule has 1 aliphatic rings. The van der Waals surface area contributed by atoms with Crippen LogP contribution in [0.3, 0.4) is 0 Å². The maximum atomic E-state index is 5.37. The summed E-state index contributed by atoms with van der Waals surface area (Å²) in [6.45, 7) is 11.6. The summed E-state index contributed by atoms with van der Waals surface area (Å²) < 4.78 is 5.37. The van der Waals surface area contributed by atoms with Gasteiger partial charge in [0.05, 0.1) is 6.10 Å². The molecule has 1 atom stereocenters. The van der Waals surface area contributed by atoms with Gasteiger partial charge in [0.15, 0.2) is 0 Å². The van der Waals surface area contributed by atoms with E-state index in [1.165, 1.54) is 6.42 Å². The third-order valence-corrected chi connectivity index (χ3v) is 2.21. The fourth-order valence-electron chi connectivity index (χ4n) is 0.928. The van der Waals surface area contributed by atoms with Crippen LogP contribution in [0.5, 0.6) is 0 Å². The summed E-state index contributed by atoms with van der Waals surface area (Å²) in [5, 5.41) is 0. The number of hydrogen-bond donors (Lipinski definition) is 0. The molecule has 0 amide bonds. The summed E-state index contributed by atoms with van der Waals surface area (Å²) in [7, 11) is 0. The highest BCUT2D eigenvalue weighted by Gasteiger charge is 2.31. The van der Waals surface area contributed by atoms with Crippen LogP contribution < -0.4 is 0 Å². The van der Waals surface area contributed by atoms with Gasteiger partial charge in [0, 0.05) is 6.61 Å². The average molecular weight is 144 g/mol. The predicted molar refractivity (Wildman–Crippen MR) is 45.2 cm³/mol. The summed E-state index contributed by atoms with van der Waals surface area (Å²) in [5.74, 6) is 0. The van der Waals surface area contributed by atoms with Crippen molar-refractivity contribution in [1.29, 1.82) is 0 Å². The van der Waals surface area contributed by atoms with Crippen molar-refractivity contribution in [3.05, 3.63) is 0 Å². The molecule has 0 aliphatic carbocycles. The van der Waals surface area contributed by atoms with Gasteiger partial charge in [-0.1, -0.05) is 27.7 Å². The van der Waals surface area contributed by atoms with Crippen LogP contribution in [0.4, 0.5) is 0 Å². The minimum absolute atomic E-state index is 0.431. The van der Waals surface area contributed by atoms with Crippen molar-refractivity contribution < 1.29 is 4.74 Å². The van der Waals surface area contributed by atoms with Gasteiger partial charge < -0.3 is 4.74 Å². The molecule has 1 nitrogen and oxygen atoms in total. The van der Waals surface area contributed by atoms with Crippen molar-refractivity contribution >= 4 is 0 Å². The first-order chi connectivity index (χ1) is 4.63. The molecule has 1 heterocycles. The van der Waals surface area contributed by atoms with Crippen molar-refractivity contribution in [3.63, 3.8) is 0 Å². The molecule has 0 aromatic carbocycles. The molecular weight excluding hydrogens is 124 g/mol. The maximum absolute atomic E-state index is 5.37. The Bertz CT molecular complexity index is 86.7. The Labute approximate surface area is 64.8 Å². The van der Waals surface area contributed by atoms with E-state index in [1.54, 1.807) is 0 Å². The first-order valence-electron chi connectivity index (χ1n) is 4.24. The molecule has 0 N–H and O–H groups in total. The zero-order valence-corrected chi connectivity index (χ0v) is 7.90. The molecule has 0 bridgehead atoms. The van der Waals surface area contributed by atoms with Gasteiger partial charge in [0.2, 0.25) is 0 Å². The van der Waals surface area contributed by atoms with E-state index in [1.807, 2.05) is 13.8 Å². The van der Waals surface area contributed by atoms with Crippen molar-refractivity contribution in [2.24, 2.45) is 5.41 Å². The fourth-order valence-corrected chi connectivity index (χ4v) is 0.928. The number of rotatable bonds is 0. The largest absolute Gasteiger partial charge is 0.378 e. The van der Waals surface area contributed by atoms with Gasteiger partial charge in [0.25, 0.3) is 0 Å². The molecule has 1 aliphatic heterocycles. The number of ether oxygens (including phenoxy) is 1. The van der Waals surface area contributed by atoms with E-state index in [0.717, 1.165) is 6.61 Å². The van der Waals surface area contributed by atoms with Crippen LogP contribution in [0.2, 0.25) is 0 Å². The molecule has 0 spiro atoms. The topological polar surface area (TPSA) is 9.23 Å². The summed E-state index contributed by atoms with van der Waals surface area (Å²) in [6, 6.07) is 0. The minimum Gasteiger partial charge on any atom is -0.378 e. The second kappa shape index (κ2) is 3.97. The van der Waals surface area contributed by atoms with Crippen LogP contribution >= 0.6 is 0 Å². The van der Waals surface area contributed by atoms with Crippen LogP contribution in [0.25, 0.3) is 0 Å². The van der Waals surface area contributed by atoms with E-state index in [9.17, 15) is 0 Å². The highest BCUT2D eigenvalue weighted by atomic mass is 16.5. The monoisotopic (exact) mass is 144 g/mol. The molecule has 1 fully saturated rings. The standard InChI is InChI=1S/C7H14O.C2H6/c1-6-7(2,3)4-5-8-6;1-2/h6H,4-5H2,1-3H3;1-2H3. The van der Waals surface area contributed by atoms with E-state index in [2.05, 4.69) is 20.8 Å². The maximum Gasteiger partial charge on any atom is 0.0598 e. The SMILES string of the molecule is CC.CC1OCCC1(C)C. The summed E-state index contributed by atoms with van der Waals surface area (Å²) in [4.78, 5) is 0. The Balaban J connectivity index is 0.000000371. The van der Waals surface area contributed by atoms with Gasteiger partial charge in [-0.2, -0.15) is 0 Å². The van der Waals surface area contributed by atoms with E-state index < -0.39 is 0 Å². The lowest BCUT2D eigenvalue weighted by Crippen LogP contribution is -2.19. The first kappa shape index (κ1) is 9.96. The van der Waals surface area contributed by atoms with Crippen LogP contribution in [0.15, 0.2) is 0 Å². The third-order valence-electron chi connectivity index (χ3n) is 2.21. The summed E-state index contributed by atoms with van der Waals surface area (Å²) in [5.41, 5.74) is 0.431. The van der Waals surface area contributed by atoms with Crippen molar-refractivity contribution in [2.45, 2.75) is 47.1 Å². The molecule has 0 aromatic rings. The fraction of sp³-hybridized carbons (Fsp3) is 1.00. The Morgan fingerprint density at radius 3 is 1.90 bits per heavy atom. The highest BCUT2D eigenvalue weighted by molar-refractivity contribution is 4.80. The lowest BCUT2D eigenvalue weighted by Gasteiger charge is -2.20. The molecule has 1 saturated heterocycles. The van der Waals surface area contributed by atoms with Crippen LogP contribution in [-0.4, -0.2) is 12.7 Å². The molecule has 1 heteroatoms. The highest BCUT2D eigenvalue weighted by Crippen LogP contribution is 2.32. The van der Waals surface area contributed by atoms with Crippen LogP contribution in [0.1, 0.15) is 41.0 Å². The van der Waals surface area contributed by atoms with Gasteiger partial charge in [0.1, 0.15) is 0 Å². The quantitative estimate of drug-likeness (QED) is 0.508. The van der Waals surface area contributed by atoms with Crippen LogP contribution in [-0.2, 0) is 4.74 Å². The van der Waals surface area contributed by atoms with Crippen molar-refractivity contribution in [3.8, 4) is 0 Å².